The first-order valence-corrected chi connectivity index (χ1v) is 8.65. The summed E-state index contributed by atoms with van der Waals surface area (Å²) in [4.78, 5) is 23.7. The minimum Gasteiger partial charge on any atom is -0.508 e. The molecule has 6 heteroatoms. The summed E-state index contributed by atoms with van der Waals surface area (Å²) >= 11 is 0. The average molecular weight is 377 g/mol. The Bertz CT molecular complexity index is 921. The molecule has 0 bridgehead atoms. The van der Waals surface area contributed by atoms with E-state index in [-0.39, 0.29) is 18.8 Å². The van der Waals surface area contributed by atoms with Gasteiger partial charge in [0.25, 0.3) is 5.91 Å². The van der Waals surface area contributed by atoms with Crippen LogP contribution in [0.3, 0.4) is 0 Å². The van der Waals surface area contributed by atoms with Crippen molar-refractivity contribution in [3.63, 3.8) is 0 Å². The molecule has 142 valence electrons. The third-order valence-electron chi connectivity index (χ3n) is 3.77. The first kappa shape index (κ1) is 19.0. The molecule has 0 aromatic heterocycles. The topological polar surface area (TPSA) is 84.9 Å². The number of anilines is 1. The van der Waals surface area contributed by atoms with Crippen molar-refractivity contribution >= 4 is 17.6 Å². The molecule has 0 fully saturated rings. The molecular formula is C22H19NO5. The number of carbonyl (C=O) groups excluding carboxylic acids is 2. The zero-order valence-corrected chi connectivity index (χ0v) is 15.0. The largest absolute Gasteiger partial charge is 0.508 e. The van der Waals surface area contributed by atoms with Crippen molar-refractivity contribution in [3.05, 3.63) is 84.4 Å². The van der Waals surface area contributed by atoms with Crippen molar-refractivity contribution in [2.24, 2.45) is 0 Å². The Morgan fingerprint density at radius 3 is 2.14 bits per heavy atom. The van der Waals surface area contributed by atoms with Crippen LogP contribution in [0.2, 0.25) is 0 Å². The highest BCUT2D eigenvalue weighted by molar-refractivity contribution is 5.92. The monoisotopic (exact) mass is 377 g/mol. The van der Waals surface area contributed by atoms with E-state index in [1.165, 1.54) is 12.1 Å². The Morgan fingerprint density at radius 1 is 0.821 bits per heavy atom. The average Bonchev–Trinajstić information content (AvgIpc) is 2.70. The number of carbonyl (C=O) groups is 2. The molecule has 0 saturated carbocycles. The highest BCUT2D eigenvalue weighted by Crippen LogP contribution is 2.22. The molecule has 1 amide bonds. The second-order valence-corrected chi connectivity index (χ2v) is 5.99. The smallest absolute Gasteiger partial charge is 0.310 e. The van der Waals surface area contributed by atoms with E-state index in [0.29, 0.717) is 17.0 Å². The van der Waals surface area contributed by atoms with Crippen LogP contribution in [0.1, 0.15) is 5.56 Å². The van der Waals surface area contributed by atoms with E-state index in [2.05, 4.69) is 5.32 Å². The first-order valence-electron chi connectivity index (χ1n) is 8.65. The Labute approximate surface area is 162 Å². The number of benzene rings is 3. The number of phenols is 1. The summed E-state index contributed by atoms with van der Waals surface area (Å²) in [6, 6.07) is 22.5. The summed E-state index contributed by atoms with van der Waals surface area (Å²) in [5.41, 5.74) is 1.26. The fourth-order valence-electron chi connectivity index (χ4n) is 2.41. The molecule has 0 radical (unpaired) electrons. The fourth-order valence-corrected chi connectivity index (χ4v) is 2.41. The maximum atomic E-state index is 11.9. The lowest BCUT2D eigenvalue weighted by Gasteiger charge is -2.09. The molecule has 0 atom stereocenters. The summed E-state index contributed by atoms with van der Waals surface area (Å²) in [5, 5.41) is 11.9. The number of ether oxygens (including phenoxy) is 2. The Hall–Kier alpha value is -3.80. The predicted octanol–water partition coefficient (Wildman–Crippen LogP) is 3.91. The van der Waals surface area contributed by atoms with E-state index >= 15 is 0 Å². The molecule has 3 aromatic rings. The van der Waals surface area contributed by atoms with Crippen molar-refractivity contribution in [1.29, 1.82) is 0 Å². The zero-order valence-electron chi connectivity index (χ0n) is 15.0. The minimum atomic E-state index is -0.521. The van der Waals surface area contributed by atoms with Gasteiger partial charge in [0, 0.05) is 5.69 Å². The standard InChI is InChI=1S/C22H19NO5/c24-18-10-6-16(7-11-18)14-22(26)27-15-21(25)23-17-8-12-20(13-9-17)28-19-4-2-1-3-5-19/h1-13,24H,14-15H2,(H,23,25). The molecule has 0 unspecified atom stereocenters. The van der Waals surface area contributed by atoms with Crippen molar-refractivity contribution in [2.45, 2.75) is 6.42 Å². The van der Waals surface area contributed by atoms with Crippen molar-refractivity contribution < 1.29 is 24.2 Å². The maximum Gasteiger partial charge on any atom is 0.310 e. The van der Waals surface area contributed by atoms with Gasteiger partial charge in [0.2, 0.25) is 0 Å². The molecular weight excluding hydrogens is 358 g/mol. The Kier molecular flexibility index (Phi) is 6.25. The van der Waals surface area contributed by atoms with Gasteiger partial charge in [0.15, 0.2) is 6.61 Å². The van der Waals surface area contributed by atoms with Gasteiger partial charge in [-0.05, 0) is 54.1 Å². The Balaban J connectivity index is 1.44. The van der Waals surface area contributed by atoms with Crippen LogP contribution in [0.15, 0.2) is 78.9 Å². The summed E-state index contributed by atoms with van der Waals surface area (Å²) in [5.74, 6) is 0.532. The molecule has 28 heavy (non-hydrogen) atoms. The molecule has 0 aliphatic heterocycles. The van der Waals surface area contributed by atoms with Gasteiger partial charge in [-0.1, -0.05) is 30.3 Å². The number of hydrogen-bond donors (Lipinski definition) is 2. The van der Waals surface area contributed by atoms with Crippen LogP contribution in [-0.2, 0) is 20.7 Å². The molecule has 0 aliphatic carbocycles. The van der Waals surface area contributed by atoms with Crippen molar-refractivity contribution in [1.82, 2.24) is 0 Å². The van der Waals surface area contributed by atoms with Crippen LogP contribution in [0.5, 0.6) is 17.2 Å². The van der Waals surface area contributed by atoms with Crippen LogP contribution >= 0.6 is 0 Å². The number of esters is 1. The number of hydrogen-bond acceptors (Lipinski definition) is 5. The first-order chi connectivity index (χ1) is 13.6. The van der Waals surface area contributed by atoms with Gasteiger partial charge >= 0.3 is 5.97 Å². The van der Waals surface area contributed by atoms with Crippen LogP contribution in [-0.4, -0.2) is 23.6 Å². The predicted molar refractivity (Wildman–Crippen MR) is 104 cm³/mol. The molecule has 0 heterocycles. The van der Waals surface area contributed by atoms with Gasteiger partial charge in [-0.2, -0.15) is 0 Å². The van der Waals surface area contributed by atoms with Crippen molar-refractivity contribution in [2.75, 3.05) is 11.9 Å². The van der Waals surface area contributed by atoms with Crippen LogP contribution in [0.4, 0.5) is 5.69 Å². The Morgan fingerprint density at radius 2 is 1.46 bits per heavy atom. The van der Waals surface area contributed by atoms with E-state index in [1.807, 2.05) is 30.3 Å². The number of phenolic OH excluding ortho intramolecular Hbond substituents is 1. The molecule has 0 spiro atoms. The molecule has 6 nitrogen and oxygen atoms in total. The van der Waals surface area contributed by atoms with Gasteiger partial charge < -0.3 is 19.9 Å². The lowest BCUT2D eigenvalue weighted by Crippen LogP contribution is -2.21. The lowest BCUT2D eigenvalue weighted by molar-refractivity contribution is -0.146. The quantitative estimate of drug-likeness (QED) is 0.610. The SMILES string of the molecule is O=C(COC(=O)Cc1ccc(O)cc1)Nc1ccc(Oc2ccccc2)cc1. The second kappa shape index (κ2) is 9.23. The highest BCUT2D eigenvalue weighted by atomic mass is 16.5. The third-order valence-corrected chi connectivity index (χ3v) is 3.77. The van der Waals surface area contributed by atoms with Gasteiger partial charge in [0.05, 0.1) is 6.42 Å². The van der Waals surface area contributed by atoms with E-state index < -0.39 is 11.9 Å². The van der Waals surface area contributed by atoms with E-state index in [9.17, 15) is 14.7 Å². The summed E-state index contributed by atoms with van der Waals surface area (Å²) in [7, 11) is 0. The van der Waals surface area contributed by atoms with E-state index in [1.54, 1.807) is 36.4 Å². The maximum absolute atomic E-state index is 11.9. The van der Waals surface area contributed by atoms with Gasteiger partial charge in [-0.15, -0.1) is 0 Å². The number of para-hydroxylation sites is 1. The van der Waals surface area contributed by atoms with Gasteiger partial charge in [-0.3, -0.25) is 9.59 Å². The molecule has 0 saturated heterocycles. The van der Waals surface area contributed by atoms with Crippen LogP contribution < -0.4 is 10.1 Å². The van der Waals surface area contributed by atoms with Crippen molar-refractivity contribution in [3.8, 4) is 17.2 Å². The minimum absolute atomic E-state index is 0.0269. The summed E-state index contributed by atoms with van der Waals surface area (Å²) in [6.07, 6.45) is 0.0269. The highest BCUT2D eigenvalue weighted by Gasteiger charge is 2.09. The van der Waals surface area contributed by atoms with Gasteiger partial charge in [0.1, 0.15) is 17.2 Å². The van der Waals surface area contributed by atoms with E-state index in [4.69, 9.17) is 9.47 Å². The molecule has 2 N–H and O–H groups in total. The molecule has 0 aliphatic rings. The number of amides is 1. The number of rotatable bonds is 7. The number of aromatic hydroxyl groups is 1. The van der Waals surface area contributed by atoms with E-state index in [0.717, 1.165) is 5.75 Å². The van der Waals surface area contributed by atoms with Gasteiger partial charge in [-0.25, -0.2) is 0 Å². The fraction of sp³-hybridized carbons (Fsp3) is 0.0909. The summed E-state index contributed by atoms with van der Waals surface area (Å²) in [6.45, 7) is -0.376. The molecule has 3 rings (SSSR count). The van der Waals surface area contributed by atoms with Crippen LogP contribution in [0.25, 0.3) is 0 Å². The summed E-state index contributed by atoms with van der Waals surface area (Å²) < 4.78 is 10.7. The normalized spacial score (nSPS) is 10.1. The third kappa shape index (κ3) is 5.88. The van der Waals surface area contributed by atoms with Crippen LogP contribution in [0, 0.1) is 0 Å². The second-order valence-electron chi connectivity index (χ2n) is 5.99. The zero-order chi connectivity index (χ0) is 19.8. The number of nitrogens with one attached hydrogen (secondary N) is 1. The molecule has 3 aromatic carbocycles. The lowest BCUT2D eigenvalue weighted by atomic mass is 10.1.